The van der Waals surface area contributed by atoms with Crippen LogP contribution in [-0.2, 0) is 4.74 Å². The van der Waals surface area contributed by atoms with E-state index < -0.39 is 12.5 Å². The smallest absolute Gasteiger partial charge is 0.265 e. The highest BCUT2D eigenvalue weighted by Gasteiger charge is 2.50. The fourth-order valence-corrected chi connectivity index (χ4v) is 6.87. The lowest BCUT2D eigenvalue weighted by Crippen LogP contribution is -2.46. The highest BCUT2D eigenvalue weighted by molar-refractivity contribution is 5.39. The second-order valence-corrected chi connectivity index (χ2v) is 10.3. The third-order valence-corrected chi connectivity index (χ3v) is 8.73. The quantitative estimate of drug-likeness (QED) is 0.324. The van der Waals surface area contributed by atoms with Gasteiger partial charge >= 0.3 is 0 Å². The van der Waals surface area contributed by atoms with Crippen molar-refractivity contribution in [1.29, 1.82) is 0 Å². The molecule has 0 bridgehead atoms. The van der Waals surface area contributed by atoms with Gasteiger partial charge in [-0.25, -0.2) is 8.78 Å². The summed E-state index contributed by atoms with van der Waals surface area (Å²) in [5.41, 5.74) is 3.65. The lowest BCUT2D eigenvalue weighted by Gasteiger charge is -2.44. The van der Waals surface area contributed by atoms with Crippen LogP contribution in [0.25, 0.3) is 0 Å². The van der Waals surface area contributed by atoms with E-state index in [9.17, 15) is 13.7 Å². The van der Waals surface area contributed by atoms with Crippen LogP contribution in [0, 0.1) is 22.2 Å². The third kappa shape index (κ3) is 5.07. The fourth-order valence-electron chi connectivity index (χ4n) is 6.87. The van der Waals surface area contributed by atoms with Crippen molar-refractivity contribution in [2.75, 3.05) is 26.2 Å². The van der Waals surface area contributed by atoms with Crippen LogP contribution in [0.15, 0.2) is 53.3 Å². The molecule has 6 heteroatoms. The Balaban J connectivity index is 1.44. The van der Waals surface area contributed by atoms with Gasteiger partial charge in [-0.15, -0.1) is 6.58 Å². The van der Waals surface area contributed by atoms with Crippen LogP contribution in [0.4, 0.5) is 8.78 Å². The van der Waals surface area contributed by atoms with Crippen LogP contribution in [-0.4, -0.2) is 49.7 Å². The zero-order chi connectivity index (χ0) is 23.4. The van der Waals surface area contributed by atoms with E-state index in [0.29, 0.717) is 25.0 Å². The molecule has 0 spiro atoms. The van der Waals surface area contributed by atoms with Crippen LogP contribution in [0.1, 0.15) is 57.8 Å². The maximum absolute atomic E-state index is 13.1. The van der Waals surface area contributed by atoms with Gasteiger partial charge in [0.05, 0.1) is 6.61 Å². The Labute approximate surface area is 196 Å². The predicted molar refractivity (Wildman–Crippen MR) is 128 cm³/mol. The van der Waals surface area contributed by atoms with Crippen LogP contribution in [0.2, 0.25) is 0 Å². The zero-order valence-electron chi connectivity index (χ0n) is 19.7. The summed E-state index contributed by atoms with van der Waals surface area (Å²) in [5, 5.41) is 3.26. The summed E-state index contributed by atoms with van der Waals surface area (Å²) in [4.78, 5) is 13.3. The number of alkyl halides is 2. The molecule has 1 saturated heterocycles. The molecule has 4 nitrogen and oxygen atoms in total. The van der Waals surface area contributed by atoms with E-state index in [4.69, 9.17) is 4.74 Å². The molecule has 3 saturated carbocycles. The molecular formula is C27H38F2N2O2. The van der Waals surface area contributed by atoms with Gasteiger partial charge in [-0.1, -0.05) is 35.6 Å². The number of nitrogens with zero attached hydrogens (tertiary/aromatic N) is 2. The molecule has 5 atom stereocenters. The minimum Gasteiger partial charge on any atom is -0.370 e. The molecule has 33 heavy (non-hydrogen) atoms. The molecule has 182 valence electrons. The topological polar surface area (TPSA) is 41.9 Å². The van der Waals surface area contributed by atoms with Gasteiger partial charge in [-0.2, -0.15) is 4.91 Å². The molecule has 4 aliphatic rings. The van der Waals surface area contributed by atoms with Crippen LogP contribution in [0.5, 0.6) is 0 Å². The number of hydrogen-bond acceptors (Lipinski definition) is 4. The van der Waals surface area contributed by atoms with Crippen molar-refractivity contribution >= 4 is 0 Å². The molecule has 4 fully saturated rings. The molecule has 0 aromatic heterocycles. The molecular weight excluding hydrogens is 422 g/mol. The van der Waals surface area contributed by atoms with Crippen molar-refractivity contribution in [3.8, 4) is 0 Å². The van der Waals surface area contributed by atoms with Gasteiger partial charge in [-0.3, -0.25) is 4.90 Å². The molecule has 3 aliphatic carbocycles. The molecule has 0 N–H and O–H groups in total. The van der Waals surface area contributed by atoms with Gasteiger partial charge in [0.15, 0.2) is 0 Å². The van der Waals surface area contributed by atoms with E-state index >= 15 is 0 Å². The number of ether oxygens (including phenoxy) is 1. The number of fused-ring (bicyclic) bond motifs is 1. The van der Waals surface area contributed by atoms with Gasteiger partial charge < -0.3 is 4.74 Å². The van der Waals surface area contributed by atoms with Crippen LogP contribution < -0.4 is 0 Å². The predicted octanol–water partition coefficient (Wildman–Crippen LogP) is 6.45. The van der Waals surface area contributed by atoms with Crippen molar-refractivity contribution in [3.05, 3.63) is 53.0 Å². The van der Waals surface area contributed by atoms with Crippen LogP contribution in [0.3, 0.4) is 0 Å². The Morgan fingerprint density at radius 1 is 1.21 bits per heavy atom. The minimum absolute atomic E-state index is 0.105. The van der Waals surface area contributed by atoms with Gasteiger partial charge in [-0.05, 0) is 92.7 Å². The second-order valence-electron chi connectivity index (χ2n) is 10.3. The van der Waals surface area contributed by atoms with E-state index in [1.54, 1.807) is 0 Å². The second kappa shape index (κ2) is 10.7. The van der Waals surface area contributed by atoms with Gasteiger partial charge in [0.25, 0.3) is 6.43 Å². The SMILES string of the molecule is C=CC12CCC/C(=C\C=C3\CCCC(N=O)C3=C)C1CCC2CCN1CCO[C@@H](C(F)F)C1. The summed E-state index contributed by atoms with van der Waals surface area (Å²) in [7, 11) is 0. The highest BCUT2D eigenvalue weighted by Crippen LogP contribution is 2.59. The van der Waals surface area contributed by atoms with Crippen molar-refractivity contribution in [1.82, 2.24) is 4.90 Å². The molecule has 0 amide bonds. The number of allylic oxidation sites excluding steroid dienone is 4. The first kappa shape index (κ1) is 24.5. The summed E-state index contributed by atoms with van der Waals surface area (Å²) in [5.74, 6) is 1.04. The van der Waals surface area contributed by atoms with Crippen molar-refractivity contribution in [2.24, 2.45) is 22.4 Å². The fraction of sp³-hybridized carbons (Fsp3) is 0.704. The maximum atomic E-state index is 13.1. The Kier molecular flexibility index (Phi) is 7.95. The number of nitroso groups, excluding NO2 is 1. The normalized spacial score (nSPS) is 38.1. The highest BCUT2D eigenvalue weighted by atomic mass is 19.3. The molecule has 0 aromatic carbocycles. The van der Waals surface area contributed by atoms with E-state index in [-0.39, 0.29) is 11.5 Å². The number of morpholine rings is 1. The summed E-state index contributed by atoms with van der Waals surface area (Å²) in [6.07, 6.45) is 12.9. The summed E-state index contributed by atoms with van der Waals surface area (Å²) >= 11 is 0. The van der Waals surface area contributed by atoms with Gasteiger partial charge in [0.1, 0.15) is 12.1 Å². The summed E-state index contributed by atoms with van der Waals surface area (Å²) in [6, 6.07) is -0.275. The van der Waals surface area contributed by atoms with Crippen molar-refractivity contribution < 1.29 is 13.5 Å². The maximum Gasteiger partial charge on any atom is 0.265 e. The first-order chi connectivity index (χ1) is 16.0. The zero-order valence-corrected chi connectivity index (χ0v) is 19.7. The molecule has 1 aliphatic heterocycles. The van der Waals surface area contributed by atoms with Crippen LogP contribution >= 0.6 is 0 Å². The Morgan fingerprint density at radius 2 is 2.06 bits per heavy atom. The molecule has 4 rings (SSSR count). The van der Waals surface area contributed by atoms with E-state index in [2.05, 4.69) is 41.5 Å². The Hall–Kier alpha value is -1.66. The lowest BCUT2D eigenvalue weighted by molar-refractivity contribution is -0.103. The molecule has 0 aromatic rings. The summed E-state index contributed by atoms with van der Waals surface area (Å²) < 4.78 is 31.4. The Morgan fingerprint density at radius 3 is 2.82 bits per heavy atom. The number of rotatable bonds is 7. The van der Waals surface area contributed by atoms with E-state index in [1.807, 2.05) is 0 Å². The first-order valence-corrected chi connectivity index (χ1v) is 12.7. The van der Waals surface area contributed by atoms with Crippen molar-refractivity contribution in [3.63, 3.8) is 0 Å². The molecule has 4 unspecified atom stereocenters. The standard InChI is InChI=1S/C27H38F2N2O2/c1-3-27-14-5-7-21(10-9-20-6-4-8-24(30-32)19(20)2)23(27)12-11-22(27)13-15-31-16-17-33-25(18-31)26(28)29/h3,9-10,22-26H,1-2,4-8,11-18H2/b20-9-,21-10+/t22?,23?,24?,25-,27?/m1/s1. The average Bonchev–Trinajstić information content (AvgIpc) is 3.21. The summed E-state index contributed by atoms with van der Waals surface area (Å²) in [6.45, 7) is 10.7. The van der Waals surface area contributed by atoms with Crippen molar-refractivity contribution in [2.45, 2.75) is 76.4 Å². The molecule has 1 heterocycles. The Bertz CT molecular complexity index is 808. The molecule has 0 radical (unpaired) electrons. The largest absolute Gasteiger partial charge is 0.370 e. The van der Waals surface area contributed by atoms with E-state index in [1.165, 1.54) is 11.1 Å². The minimum atomic E-state index is -2.42. The lowest BCUT2D eigenvalue weighted by atomic mass is 9.61. The van der Waals surface area contributed by atoms with Gasteiger partial charge in [0.2, 0.25) is 0 Å². The van der Waals surface area contributed by atoms with Gasteiger partial charge in [0, 0.05) is 13.1 Å². The number of hydrogen-bond donors (Lipinski definition) is 0. The van der Waals surface area contributed by atoms with E-state index in [0.717, 1.165) is 76.5 Å². The monoisotopic (exact) mass is 460 g/mol. The number of halogens is 2. The average molecular weight is 461 g/mol. The first-order valence-electron chi connectivity index (χ1n) is 12.7. The third-order valence-electron chi connectivity index (χ3n) is 8.73.